The van der Waals surface area contributed by atoms with Crippen LogP contribution in [-0.4, -0.2) is 60.3 Å². The molecule has 0 bridgehead atoms. The standard InChI is InChI=1S/C22H29FN2O2/c23-22-10-5-4-9-20(22)17-27-18-21(26)16-25-12-6-11-24(13-14-25)15-19-7-2-1-3-8-19/h1-5,7-10,21,26H,6,11-18H2. The predicted octanol–water partition coefficient (Wildman–Crippen LogP) is 2.91. The minimum Gasteiger partial charge on any atom is -0.389 e. The third-order valence-corrected chi connectivity index (χ3v) is 4.92. The minimum absolute atomic E-state index is 0.189. The highest BCUT2D eigenvalue weighted by Crippen LogP contribution is 2.10. The second kappa shape index (κ2) is 10.5. The Morgan fingerprint density at radius 1 is 0.926 bits per heavy atom. The van der Waals surface area contributed by atoms with Crippen molar-refractivity contribution in [3.05, 3.63) is 71.5 Å². The van der Waals surface area contributed by atoms with E-state index in [9.17, 15) is 9.50 Å². The molecule has 1 fully saturated rings. The Balaban J connectivity index is 1.37. The van der Waals surface area contributed by atoms with Crippen molar-refractivity contribution in [2.75, 3.05) is 39.3 Å². The Kier molecular flexibility index (Phi) is 7.78. The van der Waals surface area contributed by atoms with E-state index < -0.39 is 6.10 Å². The van der Waals surface area contributed by atoms with Crippen LogP contribution in [0.15, 0.2) is 54.6 Å². The molecule has 0 saturated carbocycles. The molecule has 1 aliphatic rings. The summed E-state index contributed by atoms with van der Waals surface area (Å²) in [5.41, 5.74) is 1.86. The first kappa shape index (κ1) is 20.0. The van der Waals surface area contributed by atoms with Crippen molar-refractivity contribution in [1.82, 2.24) is 9.80 Å². The first-order valence-corrected chi connectivity index (χ1v) is 9.68. The number of hydrogen-bond donors (Lipinski definition) is 1. The van der Waals surface area contributed by atoms with Crippen molar-refractivity contribution >= 4 is 0 Å². The molecule has 0 radical (unpaired) electrons. The van der Waals surface area contributed by atoms with Gasteiger partial charge in [0.05, 0.1) is 19.3 Å². The summed E-state index contributed by atoms with van der Waals surface area (Å²) in [6.45, 7) is 5.97. The van der Waals surface area contributed by atoms with E-state index in [1.165, 1.54) is 11.6 Å². The summed E-state index contributed by atoms with van der Waals surface area (Å²) in [7, 11) is 0. The summed E-state index contributed by atoms with van der Waals surface area (Å²) < 4.78 is 19.1. The predicted molar refractivity (Wildman–Crippen MR) is 105 cm³/mol. The van der Waals surface area contributed by atoms with Gasteiger partial charge in [-0.15, -0.1) is 0 Å². The normalized spacial score (nSPS) is 17.6. The molecule has 146 valence electrons. The molecule has 0 spiro atoms. The van der Waals surface area contributed by atoms with Gasteiger partial charge < -0.3 is 9.84 Å². The van der Waals surface area contributed by atoms with Crippen LogP contribution in [0.3, 0.4) is 0 Å². The third-order valence-electron chi connectivity index (χ3n) is 4.92. The molecule has 4 nitrogen and oxygen atoms in total. The highest BCUT2D eigenvalue weighted by molar-refractivity contribution is 5.16. The second-order valence-corrected chi connectivity index (χ2v) is 7.18. The molecule has 1 heterocycles. The molecular weight excluding hydrogens is 343 g/mol. The Hall–Kier alpha value is -1.79. The van der Waals surface area contributed by atoms with Gasteiger partial charge in [0.2, 0.25) is 0 Å². The number of nitrogens with zero attached hydrogens (tertiary/aromatic N) is 2. The van der Waals surface area contributed by atoms with Gasteiger partial charge in [0.1, 0.15) is 5.82 Å². The Bertz CT molecular complexity index is 683. The molecule has 2 aromatic rings. The van der Waals surface area contributed by atoms with Gasteiger partial charge in [-0.2, -0.15) is 0 Å². The van der Waals surface area contributed by atoms with E-state index in [2.05, 4.69) is 34.1 Å². The van der Waals surface area contributed by atoms with Crippen LogP contribution in [-0.2, 0) is 17.9 Å². The molecule has 5 heteroatoms. The van der Waals surface area contributed by atoms with Crippen LogP contribution in [0.25, 0.3) is 0 Å². The van der Waals surface area contributed by atoms with E-state index in [1.807, 2.05) is 6.07 Å². The summed E-state index contributed by atoms with van der Waals surface area (Å²) in [6, 6.07) is 17.1. The zero-order valence-electron chi connectivity index (χ0n) is 15.8. The van der Waals surface area contributed by atoms with Gasteiger partial charge in [0.15, 0.2) is 0 Å². The molecule has 1 saturated heterocycles. The zero-order valence-corrected chi connectivity index (χ0v) is 15.8. The molecule has 0 aromatic heterocycles. The van der Waals surface area contributed by atoms with E-state index in [4.69, 9.17) is 4.74 Å². The van der Waals surface area contributed by atoms with Crippen LogP contribution < -0.4 is 0 Å². The molecule has 1 aliphatic heterocycles. The van der Waals surface area contributed by atoms with Gasteiger partial charge in [-0.1, -0.05) is 48.5 Å². The van der Waals surface area contributed by atoms with Crippen molar-refractivity contribution < 1.29 is 14.2 Å². The van der Waals surface area contributed by atoms with Crippen molar-refractivity contribution in [2.24, 2.45) is 0 Å². The largest absolute Gasteiger partial charge is 0.389 e. The maximum Gasteiger partial charge on any atom is 0.128 e. The average molecular weight is 372 g/mol. The van der Waals surface area contributed by atoms with E-state index >= 15 is 0 Å². The molecule has 0 amide bonds. The lowest BCUT2D eigenvalue weighted by Gasteiger charge is -2.24. The lowest BCUT2D eigenvalue weighted by molar-refractivity contribution is 0.00971. The Labute approximate surface area is 161 Å². The van der Waals surface area contributed by atoms with Crippen LogP contribution in [0.5, 0.6) is 0 Å². The van der Waals surface area contributed by atoms with Gasteiger partial charge in [0.25, 0.3) is 0 Å². The number of β-amino-alcohol motifs (C(OH)–C–C–N with tert-alkyl or cyclic N) is 1. The molecule has 27 heavy (non-hydrogen) atoms. The number of hydrogen-bond acceptors (Lipinski definition) is 4. The highest BCUT2D eigenvalue weighted by atomic mass is 19.1. The number of benzene rings is 2. The summed E-state index contributed by atoms with van der Waals surface area (Å²) in [5.74, 6) is -0.266. The number of aliphatic hydroxyl groups is 1. The van der Waals surface area contributed by atoms with Crippen molar-refractivity contribution in [3.63, 3.8) is 0 Å². The monoisotopic (exact) mass is 372 g/mol. The van der Waals surface area contributed by atoms with Crippen molar-refractivity contribution in [1.29, 1.82) is 0 Å². The fourth-order valence-electron chi connectivity index (χ4n) is 3.48. The van der Waals surface area contributed by atoms with Gasteiger partial charge in [-0.3, -0.25) is 9.80 Å². The Morgan fingerprint density at radius 2 is 1.63 bits per heavy atom. The molecule has 1 atom stereocenters. The number of rotatable bonds is 8. The fourth-order valence-corrected chi connectivity index (χ4v) is 3.48. The molecule has 1 N–H and O–H groups in total. The number of ether oxygens (including phenoxy) is 1. The summed E-state index contributed by atoms with van der Waals surface area (Å²) >= 11 is 0. The second-order valence-electron chi connectivity index (χ2n) is 7.18. The summed E-state index contributed by atoms with van der Waals surface area (Å²) in [5, 5.41) is 10.3. The highest BCUT2D eigenvalue weighted by Gasteiger charge is 2.17. The quantitative estimate of drug-likeness (QED) is 0.773. The van der Waals surface area contributed by atoms with Crippen molar-refractivity contribution in [3.8, 4) is 0 Å². The van der Waals surface area contributed by atoms with Crippen LogP contribution in [0.2, 0.25) is 0 Å². The van der Waals surface area contributed by atoms with Crippen LogP contribution in [0.4, 0.5) is 4.39 Å². The SMILES string of the molecule is OC(COCc1ccccc1F)CN1CCCN(Cc2ccccc2)CC1. The minimum atomic E-state index is -0.558. The maximum atomic E-state index is 13.6. The van der Waals surface area contributed by atoms with Crippen LogP contribution in [0.1, 0.15) is 17.5 Å². The molecule has 1 unspecified atom stereocenters. The fraction of sp³-hybridized carbons (Fsp3) is 0.455. The molecule has 0 aliphatic carbocycles. The van der Waals surface area contributed by atoms with E-state index in [0.717, 1.165) is 39.1 Å². The molecular formula is C22H29FN2O2. The summed E-state index contributed by atoms with van der Waals surface area (Å²) in [6.07, 6.45) is 0.535. The summed E-state index contributed by atoms with van der Waals surface area (Å²) in [4.78, 5) is 4.76. The smallest absolute Gasteiger partial charge is 0.128 e. The number of aliphatic hydroxyl groups excluding tert-OH is 1. The van der Waals surface area contributed by atoms with Gasteiger partial charge in [0, 0.05) is 31.7 Å². The lowest BCUT2D eigenvalue weighted by Crippen LogP contribution is -2.37. The van der Waals surface area contributed by atoms with E-state index in [-0.39, 0.29) is 19.0 Å². The first-order chi connectivity index (χ1) is 13.2. The topological polar surface area (TPSA) is 35.9 Å². The Morgan fingerprint density at radius 3 is 2.44 bits per heavy atom. The molecule has 3 rings (SSSR count). The molecule has 2 aromatic carbocycles. The van der Waals surface area contributed by atoms with Crippen molar-refractivity contribution in [2.45, 2.75) is 25.7 Å². The van der Waals surface area contributed by atoms with Crippen LogP contribution >= 0.6 is 0 Å². The first-order valence-electron chi connectivity index (χ1n) is 9.68. The number of halogens is 1. The zero-order chi connectivity index (χ0) is 18.9. The van der Waals surface area contributed by atoms with E-state index in [1.54, 1.807) is 18.2 Å². The average Bonchev–Trinajstić information content (AvgIpc) is 2.89. The maximum absolute atomic E-state index is 13.6. The van der Waals surface area contributed by atoms with Crippen LogP contribution in [0, 0.1) is 5.82 Å². The lowest BCUT2D eigenvalue weighted by atomic mass is 10.2. The van der Waals surface area contributed by atoms with Gasteiger partial charge in [-0.05, 0) is 31.1 Å². The third kappa shape index (κ3) is 6.70. The van der Waals surface area contributed by atoms with Gasteiger partial charge in [-0.25, -0.2) is 4.39 Å². The van der Waals surface area contributed by atoms with E-state index in [0.29, 0.717) is 12.1 Å². The van der Waals surface area contributed by atoms with Gasteiger partial charge >= 0.3 is 0 Å².